The Labute approximate surface area is 125 Å². The number of ketones is 1. The standard InChI is InChI=1S/C16H12ClF3O/c17-14-7-3-12(4-8-14)10-15(21)9-11-1-5-13(6-2-11)16(18,19)20/h1-8H,9-10H2. The molecule has 0 aliphatic rings. The van der Waals surface area contributed by atoms with Crippen LogP contribution in [0.1, 0.15) is 16.7 Å². The van der Waals surface area contributed by atoms with Crippen molar-refractivity contribution in [1.29, 1.82) is 0 Å². The van der Waals surface area contributed by atoms with E-state index in [9.17, 15) is 18.0 Å². The zero-order valence-electron chi connectivity index (χ0n) is 11.0. The number of hydrogen-bond acceptors (Lipinski definition) is 1. The number of carbonyl (C=O) groups excluding carboxylic acids is 1. The lowest BCUT2D eigenvalue weighted by atomic mass is 10.0. The molecule has 0 N–H and O–H groups in total. The maximum atomic E-state index is 12.4. The summed E-state index contributed by atoms with van der Waals surface area (Å²) in [5.74, 6) is -0.0583. The van der Waals surface area contributed by atoms with Crippen molar-refractivity contribution in [2.75, 3.05) is 0 Å². The predicted molar refractivity (Wildman–Crippen MR) is 75.3 cm³/mol. The third-order valence-electron chi connectivity index (χ3n) is 3.00. The van der Waals surface area contributed by atoms with Crippen molar-refractivity contribution >= 4 is 17.4 Å². The Morgan fingerprint density at radius 2 is 1.29 bits per heavy atom. The van der Waals surface area contributed by atoms with Gasteiger partial charge >= 0.3 is 6.18 Å². The van der Waals surface area contributed by atoms with E-state index in [1.807, 2.05) is 0 Å². The Kier molecular flexibility index (Phi) is 4.68. The average Bonchev–Trinajstić information content (AvgIpc) is 2.41. The summed E-state index contributed by atoms with van der Waals surface area (Å²) in [5, 5.41) is 0.592. The van der Waals surface area contributed by atoms with Crippen LogP contribution in [-0.2, 0) is 23.8 Å². The van der Waals surface area contributed by atoms with Crippen molar-refractivity contribution in [3.8, 4) is 0 Å². The molecule has 0 aromatic heterocycles. The molecule has 0 heterocycles. The summed E-state index contributed by atoms with van der Waals surface area (Å²) in [6.45, 7) is 0. The zero-order valence-corrected chi connectivity index (χ0v) is 11.7. The second-order valence-electron chi connectivity index (χ2n) is 4.71. The molecule has 0 unspecified atom stereocenters. The quantitative estimate of drug-likeness (QED) is 0.799. The van der Waals surface area contributed by atoms with Crippen LogP contribution in [0.5, 0.6) is 0 Å². The van der Waals surface area contributed by atoms with E-state index >= 15 is 0 Å². The summed E-state index contributed by atoms with van der Waals surface area (Å²) in [4.78, 5) is 11.9. The third kappa shape index (κ3) is 4.60. The van der Waals surface area contributed by atoms with Crippen LogP contribution in [0.2, 0.25) is 5.02 Å². The van der Waals surface area contributed by atoms with Crippen LogP contribution < -0.4 is 0 Å². The van der Waals surface area contributed by atoms with Crippen LogP contribution in [0.25, 0.3) is 0 Å². The van der Waals surface area contributed by atoms with Gasteiger partial charge in [0.25, 0.3) is 0 Å². The van der Waals surface area contributed by atoms with Gasteiger partial charge in [0.1, 0.15) is 5.78 Å². The maximum Gasteiger partial charge on any atom is 0.416 e. The molecule has 0 radical (unpaired) electrons. The molecule has 2 aromatic carbocycles. The lowest BCUT2D eigenvalue weighted by Gasteiger charge is -2.07. The molecule has 0 aliphatic carbocycles. The topological polar surface area (TPSA) is 17.1 Å². The van der Waals surface area contributed by atoms with Crippen LogP contribution in [0, 0.1) is 0 Å². The zero-order chi connectivity index (χ0) is 15.5. The minimum absolute atomic E-state index is 0.0583. The van der Waals surface area contributed by atoms with E-state index in [0.29, 0.717) is 10.6 Å². The van der Waals surface area contributed by atoms with E-state index in [1.165, 1.54) is 12.1 Å². The van der Waals surface area contributed by atoms with Gasteiger partial charge in [-0.2, -0.15) is 13.2 Å². The first-order chi connectivity index (χ1) is 9.84. The Morgan fingerprint density at radius 3 is 1.71 bits per heavy atom. The van der Waals surface area contributed by atoms with Gasteiger partial charge in [-0.05, 0) is 35.4 Å². The van der Waals surface area contributed by atoms with Crippen LogP contribution in [0.4, 0.5) is 13.2 Å². The number of alkyl halides is 3. The molecule has 0 amide bonds. The highest BCUT2D eigenvalue weighted by molar-refractivity contribution is 6.30. The van der Waals surface area contributed by atoms with Crippen molar-refractivity contribution in [3.05, 3.63) is 70.2 Å². The number of halogens is 4. The molecular weight excluding hydrogens is 301 g/mol. The monoisotopic (exact) mass is 312 g/mol. The summed E-state index contributed by atoms with van der Waals surface area (Å²) in [6.07, 6.45) is -4.01. The number of benzene rings is 2. The second-order valence-corrected chi connectivity index (χ2v) is 5.15. The molecule has 0 saturated heterocycles. The highest BCUT2D eigenvalue weighted by Gasteiger charge is 2.29. The fraction of sp³-hybridized carbons (Fsp3) is 0.188. The molecule has 0 fully saturated rings. The molecule has 21 heavy (non-hydrogen) atoms. The van der Waals surface area contributed by atoms with E-state index in [1.54, 1.807) is 24.3 Å². The van der Waals surface area contributed by atoms with Gasteiger partial charge in [0.2, 0.25) is 0 Å². The summed E-state index contributed by atoms with van der Waals surface area (Å²) in [7, 11) is 0. The molecule has 2 rings (SSSR count). The Balaban J connectivity index is 1.98. The molecule has 110 valence electrons. The Hall–Kier alpha value is -1.81. The Bertz CT molecular complexity index is 615. The number of rotatable bonds is 4. The van der Waals surface area contributed by atoms with Gasteiger partial charge in [-0.1, -0.05) is 35.9 Å². The summed E-state index contributed by atoms with van der Waals surface area (Å²) < 4.78 is 37.3. The van der Waals surface area contributed by atoms with Crippen molar-refractivity contribution in [3.63, 3.8) is 0 Å². The SMILES string of the molecule is O=C(Cc1ccc(Cl)cc1)Cc1ccc(C(F)(F)F)cc1. The van der Waals surface area contributed by atoms with Crippen molar-refractivity contribution in [2.24, 2.45) is 0 Å². The van der Waals surface area contributed by atoms with Crippen molar-refractivity contribution in [1.82, 2.24) is 0 Å². The molecule has 1 nitrogen and oxygen atoms in total. The smallest absolute Gasteiger partial charge is 0.299 e. The second kappa shape index (κ2) is 6.31. The van der Waals surface area contributed by atoms with Gasteiger partial charge in [-0.3, -0.25) is 4.79 Å². The first-order valence-corrected chi connectivity index (χ1v) is 6.64. The maximum absolute atomic E-state index is 12.4. The molecular formula is C16H12ClF3O. The normalized spacial score (nSPS) is 11.4. The van der Waals surface area contributed by atoms with Gasteiger partial charge in [0, 0.05) is 17.9 Å². The first-order valence-electron chi connectivity index (χ1n) is 6.27. The van der Waals surface area contributed by atoms with E-state index in [0.717, 1.165) is 17.7 Å². The van der Waals surface area contributed by atoms with Gasteiger partial charge in [0.05, 0.1) is 5.56 Å². The van der Waals surface area contributed by atoms with E-state index in [-0.39, 0.29) is 18.6 Å². The summed E-state index contributed by atoms with van der Waals surface area (Å²) in [6, 6.07) is 11.6. The van der Waals surface area contributed by atoms with Crippen LogP contribution in [0.15, 0.2) is 48.5 Å². The fourth-order valence-electron chi connectivity index (χ4n) is 1.93. The van der Waals surface area contributed by atoms with Crippen LogP contribution in [0.3, 0.4) is 0 Å². The lowest BCUT2D eigenvalue weighted by Crippen LogP contribution is -2.08. The summed E-state index contributed by atoms with van der Waals surface area (Å²) in [5.41, 5.74) is 0.690. The Morgan fingerprint density at radius 1 is 0.857 bits per heavy atom. The third-order valence-corrected chi connectivity index (χ3v) is 3.25. The predicted octanol–water partition coefficient (Wildman–Crippen LogP) is 4.71. The molecule has 0 aliphatic heterocycles. The molecule has 0 spiro atoms. The van der Waals surface area contributed by atoms with Gasteiger partial charge in [0.15, 0.2) is 0 Å². The largest absolute Gasteiger partial charge is 0.416 e. The molecule has 0 saturated carbocycles. The first kappa shape index (κ1) is 15.6. The molecule has 0 bridgehead atoms. The van der Waals surface area contributed by atoms with Crippen molar-refractivity contribution < 1.29 is 18.0 Å². The van der Waals surface area contributed by atoms with Gasteiger partial charge < -0.3 is 0 Å². The van der Waals surface area contributed by atoms with E-state index in [4.69, 9.17) is 11.6 Å². The molecule has 5 heteroatoms. The number of hydrogen-bond donors (Lipinski definition) is 0. The number of carbonyl (C=O) groups is 1. The fourth-order valence-corrected chi connectivity index (χ4v) is 2.06. The van der Waals surface area contributed by atoms with Gasteiger partial charge in [-0.15, -0.1) is 0 Å². The highest BCUT2D eigenvalue weighted by atomic mass is 35.5. The molecule has 2 aromatic rings. The molecule has 0 atom stereocenters. The minimum atomic E-state index is -4.36. The van der Waals surface area contributed by atoms with Gasteiger partial charge in [-0.25, -0.2) is 0 Å². The highest BCUT2D eigenvalue weighted by Crippen LogP contribution is 2.29. The van der Waals surface area contributed by atoms with Crippen molar-refractivity contribution in [2.45, 2.75) is 19.0 Å². The van der Waals surface area contributed by atoms with Crippen LogP contribution in [-0.4, -0.2) is 5.78 Å². The summed E-state index contributed by atoms with van der Waals surface area (Å²) >= 11 is 5.75. The van der Waals surface area contributed by atoms with Crippen LogP contribution >= 0.6 is 11.6 Å². The average molecular weight is 313 g/mol. The lowest BCUT2D eigenvalue weighted by molar-refractivity contribution is -0.137. The van der Waals surface area contributed by atoms with E-state index < -0.39 is 11.7 Å². The van der Waals surface area contributed by atoms with E-state index in [2.05, 4.69) is 0 Å². The minimum Gasteiger partial charge on any atom is -0.299 e. The number of Topliss-reactive ketones (excluding diaryl/α,β-unsaturated/α-hetero) is 1.